The lowest BCUT2D eigenvalue weighted by Crippen LogP contribution is -2.37. The molecule has 2 heteroatoms. The number of rotatable bonds is 3. The van der Waals surface area contributed by atoms with Gasteiger partial charge in [0, 0.05) is 11.7 Å². The minimum atomic E-state index is -0.151. The summed E-state index contributed by atoms with van der Waals surface area (Å²) in [5.41, 5.74) is 1.90. The minimum Gasteiger partial charge on any atom is -0.382 e. The van der Waals surface area contributed by atoms with Crippen molar-refractivity contribution >= 4 is 5.69 Å². The Bertz CT molecular complexity index is 347. The van der Waals surface area contributed by atoms with Crippen LogP contribution in [0.15, 0.2) is 18.2 Å². The van der Waals surface area contributed by atoms with Crippen molar-refractivity contribution in [1.82, 2.24) is 0 Å². The second-order valence-electron chi connectivity index (χ2n) is 5.33. The van der Waals surface area contributed by atoms with Gasteiger partial charge < -0.3 is 5.32 Å². The van der Waals surface area contributed by atoms with Gasteiger partial charge in [0.1, 0.15) is 5.82 Å². The van der Waals surface area contributed by atoms with Gasteiger partial charge in [-0.15, -0.1) is 0 Å². The number of halogens is 1. The molecule has 0 aromatic heterocycles. The lowest BCUT2D eigenvalue weighted by molar-refractivity contribution is 0.212. The lowest BCUT2D eigenvalue weighted by Gasteiger charge is -2.39. The van der Waals surface area contributed by atoms with E-state index in [1.165, 1.54) is 12.8 Å². The number of hydrogen-bond acceptors (Lipinski definition) is 1. The van der Waals surface area contributed by atoms with Crippen LogP contribution in [-0.2, 0) is 0 Å². The fraction of sp³-hybridized carbons (Fsp3) is 0.571. The van der Waals surface area contributed by atoms with Gasteiger partial charge in [0.05, 0.1) is 0 Å². The Balaban J connectivity index is 1.91. The molecule has 0 aliphatic heterocycles. The third kappa shape index (κ3) is 2.55. The predicted octanol–water partition coefficient (Wildman–Crippen LogP) is 3.98. The van der Waals surface area contributed by atoms with Gasteiger partial charge in [-0.1, -0.05) is 13.8 Å². The molecule has 0 bridgehead atoms. The van der Waals surface area contributed by atoms with Crippen LogP contribution in [0.4, 0.5) is 10.1 Å². The van der Waals surface area contributed by atoms with E-state index in [-0.39, 0.29) is 5.82 Å². The topological polar surface area (TPSA) is 12.0 Å². The number of nitrogens with one attached hydrogen (secondary N) is 1. The smallest absolute Gasteiger partial charge is 0.125 e. The highest BCUT2D eigenvalue weighted by Gasteiger charge is 2.30. The summed E-state index contributed by atoms with van der Waals surface area (Å²) < 4.78 is 13.2. The summed E-state index contributed by atoms with van der Waals surface area (Å²) in [5.74, 6) is 1.46. The molecule has 0 unspecified atom stereocenters. The zero-order valence-corrected chi connectivity index (χ0v) is 10.3. The summed E-state index contributed by atoms with van der Waals surface area (Å²) >= 11 is 0. The van der Waals surface area contributed by atoms with Gasteiger partial charge >= 0.3 is 0 Å². The van der Waals surface area contributed by atoms with Crippen molar-refractivity contribution in [1.29, 1.82) is 0 Å². The lowest BCUT2D eigenvalue weighted by atomic mass is 9.73. The first-order chi connectivity index (χ1) is 7.54. The Labute approximate surface area is 97.1 Å². The van der Waals surface area contributed by atoms with E-state index in [1.807, 2.05) is 13.0 Å². The molecule has 0 spiro atoms. The van der Waals surface area contributed by atoms with E-state index in [0.717, 1.165) is 23.1 Å². The Morgan fingerprint density at radius 2 is 1.94 bits per heavy atom. The van der Waals surface area contributed by atoms with Crippen molar-refractivity contribution in [3.8, 4) is 0 Å². The predicted molar refractivity (Wildman–Crippen MR) is 66.1 cm³/mol. The second kappa shape index (κ2) is 4.44. The Morgan fingerprint density at radius 3 is 2.50 bits per heavy atom. The molecule has 1 aromatic rings. The van der Waals surface area contributed by atoms with Crippen molar-refractivity contribution < 1.29 is 4.39 Å². The van der Waals surface area contributed by atoms with E-state index in [9.17, 15) is 4.39 Å². The van der Waals surface area contributed by atoms with Crippen LogP contribution in [-0.4, -0.2) is 6.04 Å². The number of benzene rings is 1. The third-order valence-electron chi connectivity index (χ3n) is 3.53. The van der Waals surface area contributed by atoms with Gasteiger partial charge in [0.15, 0.2) is 0 Å². The van der Waals surface area contributed by atoms with Gasteiger partial charge in [0.2, 0.25) is 0 Å². The average Bonchev–Trinajstić information content (AvgIpc) is 2.08. The van der Waals surface area contributed by atoms with Crippen molar-refractivity contribution in [2.24, 2.45) is 11.8 Å². The van der Waals surface area contributed by atoms with Gasteiger partial charge in [0.25, 0.3) is 0 Å². The summed E-state index contributed by atoms with van der Waals surface area (Å²) in [5, 5.41) is 3.40. The van der Waals surface area contributed by atoms with Crippen LogP contribution in [0.2, 0.25) is 0 Å². The molecular formula is C14H20FN. The first-order valence-corrected chi connectivity index (χ1v) is 6.08. The maximum Gasteiger partial charge on any atom is 0.125 e. The number of hydrogen-bond donors (Lipinski definition) is 1. The summed E-state index contributed by atoms with van der Waals surface area (Å²) in [6.07, 6.45) is 2.43. The molecule has 1 aromatic carbocycles. The standard InChI is InChI=1S/C14H20FN/c1-9(2)11-6-14(7-11)16-13-5-10(3)4-12(15)8-13/h4-5,8-9,11,14,16H,6-7H2,1-3H3. The fourth-order valence-electron chi connectivity index (χ4n) is 2.38. The molecule has 1 fully saturated rings. The van der Waals surface area contributed by atoms with Crippen LogP contribution >= 0.6 is 0 Å². The van der Waals surface area contributed by atoms with Crippen LogP contribution in [0.5, 0.6) is 0 Å². The molecule has 88 valence electrons. The molecule has 1 saturated carbocycles. The van der Waals surface area contributed by atoms with Crippen molar-refractivity contribution in [3.05, 3.63) is 29.6 Å². The van der Waals surface area contributed by atoms with Gasteiger partial charge in [-0.2, -0.15) is 0 Å². The van der Waals surface area contributed by atoms with Crippen LogP contribution in [0.3, 0.4) is 0 Å². The molecule has 1 aliphatic rings. The van der Waals surface area contributed by atoms with E-state index in [0.29, 0.717) is 6.04 Å². The largest absolute Gasteiger partial charge is 0.382 e. The highest BCUT2D eigenvalue weighted by Crippen LogP contribution is 2.35. The fourth-order valence-corrected chi connectivity index (χ4v) is 2.38. The monoisotopic (exact) mass is 221 g/mol. The quantitative estimate of drug-likeness (QED) is 0.814. The SMILES string of the molecule is Cc1cc(F)cc(NC2CC(C(C)C)C2)c1. The highest BCUT2D eigenvalue weighted by atomic mass is 19.1. The summed E-state index contributed by atoms with van der Waals surface area (Å²) in [4.78, 5) is 0. The van der Waals surface area contributed by atoms with Crippen molar-refractivity contribution in [3.63, 3.8) is 0 Å². The minimum absolute atomic E-state index is 0.151. The molecule has 1 nitrogen and oxygen atoms in total. The second-order valence-corrected chi connectivity index (χ2v) is 5.33. The van der Waals surface area contributed by atoms with E-state index >= 15 is 0 Å². The van der Waals surface area contributed by atoms with Gasteiger partial charge in [-0.05, 0) is 55.4 Å². The molecule has 2 rings (SSSR count). The number of anilines is 1. The van der Waals surface area contributed by atoms with E-state index in [4.69, 9.17) is 0 Å². The molecule has 0 radical (unpaired) electrons. The average molecular weight is 221 g/mol. The zero-order valence-electron chi connectivity index (χ0n) is 10.3. The number of aryl methyl sites for hydroxylation is 1. The highest BCUT2D eigenvalue weighted by molar-refractivity contribution is 5.47. The molecule has 1 N–H and O–H groups in total. The van der Waals surface area contributed by atoms with Crippen LogP contribution in [0, 0.1) is 24.6 Å². The summed E-state index contributed by atoms with van der Waals surface area (Å²) in [6, 6.07) is 5.68. The van der Waals surface area contributed by atoms with Crippen molar-refractivity contribution in [2.75, 3.05) is 5.32 Å². The maximum atomic E-state index is 13.2. The maximum absolute atomic E-state index is 13.2. The summed E-state index contributed by atoms with van der Waals surface area (Å²) in [7, 11) is 0. The summed E-state index contributed by atoms with van der Waals surface area (Å²) in [6.45, 7) is 6.46. The Morgan fingerprint density at radius 1 is 1.25 bits per heavy atom. The van der Waals surface area contributed by atoms with Gasteiger partial charge in [-0.25, -0.2) is 4.39 Å². The van der Waals surface area contributed by atoms with Gasteiger partial charge in [-0.3, -0.25) is 0 Å². The van der Waals surface area contributed by atoms with Crippen molar-refractivity contribution in [2.45, 2.75) is 39.7 Å². The molecule has 16 heavy (non-hydrogen) atoms. The molecular weight excluding hydrogens is 201 g/mol. The molecule has 0 heterocycles. The third-order valence-corrected chi connectivity index (χ3v) is 3.53. The Hall–Kier alpha value is -1.05. The van der Waals surface area contributed by atoms with Crippen LogP contribution < -0.4 is 5.32 Å². The normalized spacial score (nSPS) is 24.3. The molecule has 1 aliphatic carbocycles. The van der Waals surface area contributed by atoms with E-state index in [1.54, 1.807) is 12.1 Å². The molecule has 0 amide bonds. The first kappa shape index (κ1) is 11.4. The zero-order chi connectivity index (χ0) is 11.7. The van der Waals surface area contributed by atoms with E-state index in [2.05, 4.69) is 19.2 Å². The van der Waals surface area contributed by atoms with E-state index < -0.39 is 0 Å². The molecule has 0 saturated heterocycles. The first-order valence-electron chi connectivity index (χ1n) is 6.08. The van der Waals surface area contributed by atoms with Crippen LogP contribution in [0.25, 0.3) is 0 Å². The Kier molecular flexibility index (Phi) is 3.17. The van der Waals surface area contributed by atoms with Crippen LogP contribution in [0.1, 0.15) is 32.3 Å². The molecule has 0 atom stereocenters.